The standard InChI is InChI=1S/C25H21ClN4O2S/c1-32-19-13-11-18(12-14-19)28-24-20(25(33)29-17-5-3-2-4-6-17)21(27)22(30-24)23(31)15-7-9-16(26)10-8-15/h2-14,28,30H,27H2,1H3,(H,29,33). The van der Waals surface area contributed by atoms with Crippen LogP contribution in [-0.2, 0) is 0 Å². The maximum absolute atomic E-state index is 13.2. The van der Waals surface area contributed by atoms with Gasteiger partial charge in [0, 0.05) is 22.0 Å². The fraction of sp³-hybridized carbons (Fsp3) is 0.0400. The molecule has 0 saturated carbocycles. The Morgan fingerprint density at radius 1 is 0.970 bits per heavy atom. The quantitative estimate of drug-likeness (QED) is 0.192. The van der Waals surface area contributed by atoms with Gasteiger partial charge >= 0.3 is 0 Å². The lowest BCUT2D eigenvalue weighted by Gasteiger charge is -2.12. The number of H-pyrrole nitrogens is 1. The third kappa shape index (κ3) is 5.00. The van der Waals surface area contributed by atoms with Crippen molar-refractivity contribution in [2.45, 2.75) is 0 Å². The van der Waals surface area contributed by atoms with Crippen molar-refractivity contribution in [2.75, 3.05) is 23.5 Å². The monoisotopic (exact) mass is 476 g/mol. The van der Waals surface area contributed by atoms with E-state index < -0.39 is 0 Å². The minimum Gasteiger partial charge on any atom is -0.497 e. The molecule has 0 aliphatic heterocycles. The van der Waals surface area contributed by atoms with Crippen molar-refractivity contribution < 1.29 is 9.53 Å². The van der Waals surface area contributed by atoms with Gasteiger partial charge in [-0.05, 0) is 60.7 Å². The molecule has 8 heteroatoms. The second-order valence-electron chi connectivity index (χ2n) is 7.17. The zero-order valence-corrected chi connectivity index (χ0v) is 19.3. The second-order valence-corrected chi connectivity index (χ2v) is 8.02. The number of carbonyl (C=O) groups is 1. The van der Waals surface area contributed by atoms with E-state index in [1.54, 1.807) is 31.4 Å². The van der Waals surface area contributed by atoms with E-state index in [0.29, 0.717) is 27.0 Å². The van der Waals surface area contributed by atoms with Crippen LogP contribution < -0.4 is 21.1 Å². The van der Waals surface area contributed by atoms with Crippen LogP contribution in [0.5, 0.6) is 5.75 Å². The Balaban J connectivity index is 1.73. The summed E-state index contributed by atoms with van der Waals surface area (Å²) in [5.41, 5.74) is 9.48. The minimum atomic E-state index is -0.268. The van der Waals surface area contributed by atoms with E-state index in [1.807, 2.05) is 54.6 Å². The molecule has 0 bridgehead atoms. The lowest BCUT2D eigenvalue weighted by atomic mass is 10.1. The van der Waals surface area contributed by atoms with Crippen LogP contribution in [0, 0.1) is 0 Å². The molecule has 6 nitrogen and oxygen atoms in total. The molecule has 33 heavy (non-hydrogen) atoms. The van der Waals surface area contributed by atoms with Crippen LogP contribution in [-0.4, -0.2) is 22.9 Å². The molecule has 3 aromatic carbocycles. The molecule has 1 heterocycles. The molecule has 0 fully saturated rings. The van der Waals surface area contributed by atoms with Crippen molar-refractivity contribution in [1.82, 2.24) is 4.98 Å². The summed E-state index contributed by atoms with van der Waals surface area (Å²) < 4.78 is 5.22. The van der Waals surface area contributed by atoms with Crippen molar-refractivity contribution in [3.8, 4) is 5.75 Å². The first-order valence-corrected chi connectivity index (χ1v) is 10.8. The van der Waals surface area contributed by atoms with E-state index in [1.165, 1.54) is 0 Å². The fourth-order valence-electron chi connectivity index (χ4n) is 3.30. The van der Waals surface area contributed by atoms with Crippen LogP contribution in [0.25, 0.3) is 0 Å². The van der Waals surface area contributed by atoms with Crippen LogP contribution in [0.15, 0.2) is 78.9 Å². The van der Waals surface area contributed by atoms with E-state index in [2.05, 4.69) is 15.6 Å². The summed E-state index contributed by atoms with van der Waals surface area (Å²) in [5.74, 6) is 0.964. The molecule has 0 aliphatic carbocycles. The predicted molar refractivity (Wildman–Crippen MR) is 138 cm³/mol. The van der Waals surface area contributed by atoms with Gasteiger partial charge in [0.15, 0.2) is 0 Å². The summed E-state index contributed by atoms with van der Waals surface area (Å²) in [6, 6.07) is 23.5. The molecule has 0 unspecified atom stereocenters. The fourth-order valence-corrected chi connectivity index (χ4v) is 3.76. The number of thiocarbonyl (C=S) groups is 1. The number of anilines is 4. The topological polar surface area (TPSA) is 92.2 Å². The average molecular weight is 477 g/mol. The summed E-state index contributed by atoms with van der Waals surface area (Å²) in [6.45, 7) is 0. The molecule has 0 saturated heterocycles. The number of rotatable bonds is 7. The molecule has 1 aromatic heterocycles. The highest BCUT2D eigenvalue weighted by Gasteiger charge is 2.24. The number of nitrogens with two attached hydrogens (primary N) is 1. The van der Waals surface area contributed by atoms with Crippen molar-refractivity contribution >= 4 is 57.5 Å². The second kappa shape index (κ2) is 9.77. The maximum Gasteiger partial charge on any atom is 0.211 e. The van der Waals surface area contributed by atoms with Crippen LogP contribution in [0.3, 0.4) is 0 Å². The first kappa shape index (κ1) is 22.4. The van der Waals surface area contributed by atoms with Gasteiger partial charge in [0.1, 0.15) is 22.2 Å². The molecule has 4 rings (SSSR count). The number of aromatic amines is 1. The van der Waals surface area contributed by atoms with Crippen LogP contribution in [0.2, 0.25) is 5.02 Å². The van der Waals surface area contributed by atoms with Gasteiger partial charge in [0.2, 0.25) is 5.78 Å². The normalized spacial score (nSPS) is 10.5. The Hall–Kier alpha value is -3.81. The molecule has 166 valence electrons. The third-order valence-electron chi connectivity index (χ3n) is 4.99. The summed E-state index contributed by atoms with van der Waals surface area (Å²) in [6.07, 6.45) is 0. The van der Waals surface area contributed by atoms with E-state index in [4.69, 9.17) is 34.3 Å². The number of ketones is 1. The van der Waals surface area contributed by atoms with E-state index in [0.717, 1.165) is 17.1 Å². The molecule has 0 spiro atoms. The molecule has 0 amide bonds. The van der Waals surface area contributed by atoms with Crippen LogP contribution in [0.4, 0.5) is 22.9 Å². The number of nitrogen functional groups attached to an aromatic ring is 1. The first-order chi connectivity index (χ1) is 16.0. The van der Waals surface area contributed by atoms with E-state index >= 15 is 0 Å². The van der Waals surface area contributed by atoms with Crippen molar-refractivity contribution in [3.05, 3.63) is 101 Å². The minimum absolute atomic E-state index is 0.237. The number of benzene rings is 3. The highest BCUT2D eigenvalue weighted by Crippen LogP contribution is 2.32. The summed E-state index contributed by atoms with van der Waals surface area (Å²) in [4.78, 5) is 16.7. The number of ether oxygens (including phenoxy) is 1. The Kier molecular flexibility index (Phi) is 6.63. The summed E-state index contributed by atoms with van der Waals surface area (Å²) in [7, 11) is 1.61. The number of carbonyl (C=O) groups excluding carboxylic acids is 1. The molecule has 4 aromatic rings. The maximum atomic E-state index is 13.2. The van der Waals surface area contributed by atoms with Gasteiger partial charge in [-0.1, -0.05) is 42.0 Å². The number of para-hydroxylation sites is 1. The Morgan fingerprint density at radius 3 is 2.27 bits per heavy atom. The number of hydrogen-bond acceptors (Lipinski definition) is 5. The highest BCUT2D eigenvalue weighted by atomic mass is 35.5. The SMILES string of the molecule is COc1ccc(Nc2[nH]c(C(=O)c3ccc(Cl)cc3)c(N)c2C(=S)Nc2ccccc2)cc1. The molecule has 0 radical (unpaired) electrons. The van der Waals surface area contributed by atoms with Crippen molar-refractivity contribution in [2.24, 2.45) is 0 Å². The van der Waals surface area contributed by atoms with Gasteiger partial charge in [-0.3, -0.25) is 4.79 Å². The smallest absolute Gasteiger partial charge is 0.211 e. The number of halogens is 1. The number of methoxy groups -OCH3 is 1. The summed E-state index contributed by atoms with van der Waals surface area (Å²) >= 11 is 11.6. The first-order valence-electron chi connectivity index (χ1n) is 10.1. The van der Waals surface area contributed by atoms with Crippen molar-refractivity contribution in [1.29, 1.82) is 0 Å². The van der Waals surface area contributed by atoms with Gasteiger partial charge in [-0.15, -0.1) is 0 Å². The third-order valence-corrected chi connectivity index (χ3v) is 5.55. The predicted octanol–water partition coefficient (Wildman–Crippen LogP) is 6.02. The lowest BCUT2D eigenvalue weighted by Crippen LogP contribution is -2.14. The van der Waals surface area contributed by atoms with Gasteiger partial charge in [0.05, 0.1) is 18.4 Å². The summed E-state index contributed by atoms with van der Waals surface area (Å²) in [5, 5.41) is 7.00. The molecular formula is C25H21ClN4O2S. The molecule has 5 N–H and O–H groups in total. The Bertz CT molecular complexity index is 1290. The zero-order chi connectivity index (χ0) is 23.4. The van der Waals surface area contributed by atoms with E-state index in [9.17, 15) is 4.79 Å². The van der Waals surface area contributed by atoms with Crippen LogP contribution >= 0.6 is 23.8 Å². The number of aromatic nitrogens is 1. The average Bonchev–Trinajstić information content (AvgIpc) is 3.16. The van der Waals surface area contributed by atoms with Crippen molar-refractivity contribution in [3.63, 3.8) is 0 Å². The molecule has 0 atom stereocenters. The number of nitrogens with one attached hydrogen (secondary N) is 3. The van der Waals surface area contributed by atoms with Crippen LogP contribution in [0.1, 0.15) is 21.6 Å². The van der Waals surface area contributed by atoms with Gasteiger partial charge in [0.25, 0.3) is 0 Å². The highest BCUT2D eigenvalue weighted by molar-refractivity contribution is 7.81. The zero-order valence-electron chi connectivity index (χ0n) is 17.7. The largest absolute Gasteiger partial charge is 0.497 e. The van der Waals surface area contributed by atoms with Gasteiger partial charge in [-0.2, -0.15) is 0 Å². The van der Waals surface area contributed by atoms with Gasteiger partial charge in [-0.25, -0.2) is 0 Å². The number of hydrogen-bond donors (Lipinski definition) is 4. The molecular weight excluding hydrogens is 456 g/mol. The lowest BCUT2D eigenvalue weighted by molar-refractivity contribution is 0.103. The Morgan fingerprint density at radius 2 is 1.64 bits per heavy atom. The van der Waals surface area contributed by atoms with Gasteiger partial charge < -0.3 is 26.1 Å². The van der Waals surface area contributed by atoms with E-state index in [-0.39, 0.29) is 17.2 Å². The Labute approximate surface area is 201 Å². The molecule has 0 aliphatic rings.